The maximum absolute atomic E-state index is 14.2. The van der Waals surface area contributed by atoms with Crippen molar-refractivity contribution in [2.24, 2.45) is 21.7 Å². The Morgan fingerprint density at radius 1 is 0.699 bits per heavy atom. The molecule has 4 heterocycles. The average Bonchev–Trinajstić information content (AvgIpc) is 3.35. The summed E-state index contributed by atoms with van der Waals surface area (Å²) in [5.41, 5.74) is -0.976. The van der Waals surface area contributed by atoms with E-state index in [1.54, 1.807) is 59.8 Å². The molecule has 73 heavy (non-hydrogen) atoms. The minimum atomic E-state index is -0.598. The van der Waals surface area contributed by atoms with Gasteiger partial charge in [-0.25, -0.2) is 14.8 Å². The number of nitrogens with zero attached hydrogens (tertiary/aromatic N) is 7. The standard InChI is InChI=1S/C55H66Cl2N10O6/c1-51(2,3)73-50(70)66-23-21-65(22-24-66)42-17-13-36(30-61-42)45(69)64-47-54(8,9)49(72-39-16-12-34(29-59)41(57)26-39)55(47,10)27-37-32-67(20-19-60-37)43-18-14-35(31-62-43)44(68)63-46-52(4,5)48(53(46,6)7)71-38-15-11-33(28-58)40(56)25-38/h11-18,25-26,30-31,37,46-49,60H,19-24,27,32H2,1-10H3,(H,63,68)(H,64,69)/t37?,46-,47-,48-,49-,55?/m1/s1. The molecule has 4 aliphatic rings. The zero-order chi connectivity index (χ0) is 52.8. The van der Waals surface area contributed by atoms with Gasteiger partial charge in [0.05, 0.1) is 32.3 Å². The van der Waals surface area contributed by atoms with Gasteiger partial charge in [0.25, 0.3) is 11.8 Å². The second-order valence-electron chi connectivity index (χ2n) is 22.9. The predicted molar refractivity (Wildman–Crippen MR) is 280 cm³/mol. The molecule has 2 aliphatic heterocycles. The first-order chi connectivity index (χ1) is 34.3. The lowest BCUT2D eigenvalue weighted by atomic mass is 9.46. The first-order valence-corrected chi connectivity index (χ1v) is 25.6. The number of halogens is 2. The van der Waals surface area contributed by atoms with Gasteiger partial charge in [-0.3, -0.25) is 9.59 Å². The van der Waals surface area contributed by atoms with Gasteiger partial charge in [-0.05, 0) is 75.7 Å². The topological polar surface area (TPSA) is 198 Å². The molecule has 386 valence electrons. The van der Waals surface area contributed by atoms with Gasteiger partial charge >= 0.3 is 6.09 Å². The molecule has 2 saturated heterocycles. The fourth-order valence-corrected chi connectivity index (χ4v) is 12.6. The molecule has 18 heteroatoms. The molecule has 2 aromatic carbocycles. The SMILES string of the molecule is CC(C)(C)OC(=O)N1CCN(c2ccc(C(=O)N[C@@H]3C(C)(C)[C@@H](Oc4ccc(C#N)c(Cl)c4)C3(C)CC3CN(c4ccc(C(=O)N[C@H]5C(C)(C)[C@H](Oc6ccc(C#N)c(Cl)c6)C5(C)C)cn4)CCN3)cn2)CC1. The number of amides is 3. The van der Waals surface area contributed by atoms with Crippen LogP contribution in [0.2, 0.25) is 10.0 Å². The van der Waals surface area contributed by atoms with E-state index >= 15 is 0 Å². The Hall–Kier alpha value is -6.33. The lowest BCUT2D eigenvalue weighted by Crippen LogP contribution is -2.77. The van der Waals surface area contributed by atoms with E-state index < -0.39 is 27.3 Å². The van der Waals surface area contributed by atoms with Crippen LogP contribution in [0, 0.1) is 44.3 Å². The lowest BCUT2D eigenvalue weighted by molar-refractivity contribution is -0.180. The van der Waals surface area contributed by atoms with Crippen LogP contribution >= 0.6 is 23.2 Å². The van der Waals surface area contributed by atoms with Gasteiger partial charge in [-0.15, -0.1) is 0 Å². The second-order valence-corrected chi connectivity index (χ2v) is 23.7. The smallest absolute Gasteiger partial charge is 0.410 e. The van der Waals surface area contributed by atoms with Gasteiger partial charge in [-0.1, -0.05) is 71.7 Å². The molecule has 2 aromatic heterocycles. The molecule has 3 N–H and O–H groups in total. The van der Waals surface area contributed by atoms with Crippen LogP contribution in [0.25, 0.3) is 0 Å². The normalized spacial score (nSPS) is 24.9. The van der Waals surface area contributed by atoms with Crippen LogP contribution in [-0.4, -0.2) is 115 Å². The van der Waals surface area contributed by atoms with Crippen LogP contribution < -0.4 is 35.2 Å². The van der Waals surface area contributed by atoms with Crippen LogP contribution in [0.5, 0.6) is 11.5 Å². The van der Waals surface area contributed by atoms with Gasteiger partial charge < -0.3 is 44.9 Å². The molecule has 8 rings (SSSR count). The number of piperazine rings is 2. The number of ether oxygens (including phenoxy) is 3. The van der Waals surface area contributed by atoms with Crippen molar-refractivity contribution in [2.75, 3.05) is 55.6 Å². The highest BCUT2D eigenvalue weighted by Gasteiger charge is 2.67. The molecular weight excluding hydrogens is 968 g/mol. The van der Waals surface area contributed by atoms with Crippen molar-refractivity contribution < 1.29 is 28.6 Å². The Labute approximate surface area is 438 Å². The molecular formula is C55H66Cl2N10O6. The first-order valence-electron chi connectivity index (χ1n) is 24.8. The summed E-state index contributed by atoms with van der Waals surface area (Å²) in [7, 11) is 0. The number of anilines is 2. The summed E-state index contributed by atoms with van der Waals surface area (Å²) in [5, 5.41) is 29.8. The molecule has 4 fully saturated rings. The summed E-state index contributed by atoms with van der Waals surface area (Å²) < 4.78 is 18.8. The Balaban J connectivity index is 0.930. The highest BCUT2D eigenvalue weighted by atomic mass is 35.5. The Morgan fingerprint density at radius 3 is 1.67 bits per heavy atom. The van der Waals surface area contributed by atoms with Crippen LogP contribution in [-0.2, 0) is 4.74 Å². The quantitative estimate of drug-likeness (QED) is 0.122. The Kier molecular flexibility index (Phi) is 14.6. The average molecular weight is 1030 g/mol. The summed E-state index contributed by atoms with van der Waals surface area (Å²) in [6, 6.07) is 21.0. The molecule has 4 aromatic rings. The third kappa shape index (κ3) is 10.7. The van der Waals surface area contributed by atoms with E-state index in [9.17, 15) is 24.9 Å². The van der Waals surface area contributed by atoms with Gasteiger partial charge in [0.2, 0.25) is 0 Å². The van der Waals surface area contributed by atoms with Gasteiger partial charge in [-0.2, -0.15) is 10.5 Å². The van der Waals surface area contributed by atoms with E-state index in [1.165, 1.54) is 0 Å². The number of nitrogens with one attached hydrogen (secondary N) is 3. The summed E-state index contributed by atoms with van der Waals surface area (Å²) in [6.07, 6.45) is 2.90. The van der Waals surface area contributed by atoms with E-state index in [1.807, 2.05) is 39.0 Å². The van der Waals surface area contributed by atoms with Gasteiger partial charge in [0, 0.05) is 110 Å². The number of rotatable bonds is 12. The van der Waals surface area contributed by atoms with Crippen LogP contribution in [0.15, 0.2) is 73.1 Å². The number of aromatic nitrogens is 2. The van der Waals surface area contributed by atoms with Crippen molar-refractivity contribution in [3.8, 4) is 23.6 Å². The molecule has 0 spiro atoms. The minimum Gasteiger partial charge on any atom is -0.489 e. The Morgan fingerprint density at radius 2 is 1.19 bits per heavy atom. The molecule has 0 radical (unpaired) electrons. The number of carbonyl (C=O) groups is 3. The second kappa shape index (κ2) is 20.2. The fraction of sp³-hybridized carbons (Fsp3) is 0.509. The van der Waals surface area contributed by atoms with Crippen LogP contribution in [0.1, 0.15) is 108 Å². The largest absolute Gasteiger partial charge is 0.489 e. The maximum atomic E-state index is 14.2. The van der Waals surface area contributed by atoms with Gasteiger partial charge in [0.1, 0.15) is 53.1 Å². The van der Waals surface area contributed by atoms with E-state index in [0.29, 0.717) is 96.0 Å². The molecule has 3 amide bonds. The molecule has 16 nitrogen and oxygen atoms in total. The van der Waals surface area contributed by atoms with Crippen molar-refractivity contribution in [3.05, 3.63) is 105 Å². The van der Waals surface area contributed by atoms with Crippen molar-refractivity contribution in [3.63, 3.8) is 0 Å². The summed E-state index contributed by atoms with van der Waals surface area (Å²) >= 11 is 12.8. The zero-order valence-corrected chi connectivity index (χ0v) is 44.8. The van der Waals surface area contributed by atoms with E-state index in [0.717, 1.165) is 11.6 Å². The maximum Gasteiger partial charge on any atom is 0.410 e. The van der Waals surface area contributed by atoms with E-state index in [-0.39, 0.29) is 48.2 Å². The van der Waals surface area contributed by atoms with Crippen molar-refractivity contribution in [1.29, 1.82) is 10.5 Å². The van der Waals surface area contributed by atoms with Crippen molar-refractivity contribution >= 4 is 52.7 Å². The summed E-state index contributed by atoms with van der Waals surface area (Å²) in [4.78, 5) is 56.1. The van der Waals surface area contributed by atoms with Crippen LogP contribution in [0.4, 0.5) is 16.4 Å². The number of nitriles is 2. The number of carbonyl (C=O) groups excluding carboxylic acids is 3. The molecule has 0 bridgehead atoms. The van der Waals surface area contributed by atoms with E-state index in [2.05, 4.69) is 91.3 Å². The third-order valence-corrected chi connectivity index (χ3v) is 15.9. The first kappa shape index (κ1) is 53.0. The predicted octanol–water partition coefficient (Wildman–Crippen LogP) is 8.66. The molecule has 2 aliphatic carbocycles. The highest BCUT2D eigenvalue weighted by molar-refractivity contribution is 6.32. The molecule has 4 atom stereocenters. The lowest BCUT2D eigenvalue weighted by Gasteiger charge is -2.65. The minimum absolute atomic E-state index is 0.0371. The summed E-state index contributed by atoms with van der Waals surface area (Å²) in [6.45, 7) is 24.3. The number of pyridine rings is 2. The third-order valence-electron chi connectivity index (χ3n) is 15.2. The molecule has 2 unspecified atom stereocenters. The van der Waals surface area contributed by atoms with Crippen LogP contribution in [0.3, 0.4) is 0 Å². The monoisotopic (exact) mass is 1030 g/mol. The van der Waals surface area contributed by atoms with Crippen molar-refractivity contribution in [2.45, 2.75) is 112 Å². The number of hydrogen-bond donors (Lipinski definition) is 3. The molecule has 2 saturated carbocycles. The highest BCUT2D eigenvalue weighted by Crippen LogP contribution is 2.59. The number of benzene rings is 2. The zero-order valence-electron chi connectivity index (χ0n) is 43.3. The number of hydrogen-bond acceptors (Lipinski definition) is 13. The summed E-state index contributed by atoms with van der Waals surface area (Å²) in [5.74, 6) is 2.08. The Bertz CT molecular complexity index is 2800. The van der Waals surface area contributed by atoms with Gasteiger partial charge in [0.15, 0.2) is 0 Å². The fourth-order valence-electron chi connectivity index (χ4n) is 12.1. The van der Waals surface area contributed by atoms with E-state index in [4.69, 9.17) is 42.4 Å². The van der Waals surface area contributed by atoms with Crippen molar-refractivity contribution in [1.82, 2.24) is 30.8 Å².